The third kappa shape index (κ3) is 5.88. The molecule has 6 nitrogen and oxygen atoms in total. The molecule has 0 fully saturated rings. The SMILES string of the molecule is COc1cccc(C(=O)NC(C)c2nc3ccccc3n2CCCOc2ccc(C(C)(C)C)cc2)c1. The Bertz CT molecular complexity index is 1320. The number of hydrogen-bond acceptors (Lipinski definition) is 4. The molecule has 1 N–H and O–H groups in total. The molecule has 4 rings (SSSR count). The molecule has 0 saturated carbocycles. The summed E-state index contributed by atoms with van der Waals surface area (Å²) in [5.74, 6) is 2.18. The van der Waals surface area contributed by atoms with E-state index in [0.717, 1.165) is 35.6 Å². The first-order chi connectivity index (χ1) is 17.3. The Morgan fingerprint density at radius 1 is 1.00 bits per heavy atom. The Kier molecular flexibility index (Phi) is 7.63. The molecule has 0 radical (unpaired) electrons. The van der Waals surface area contributed by atoms with E-state index >= 15 is 0 Å². The van der Waals surface area contributed by atoms with Crippen molar-refractivity contribution < 1.29 is 14.3 Å². The molecule has 0 bridgehead atoms. The maximum Gasteiger partial charge on any atom is 0.251 e. The Morgan fingerprint density at radius 2 is 1.75 bits per heavy atom. The van der Waals surface area contributed by atoms with Gasteiger partial charge in [0.2, 0.25) is 0 Å². The van der Waals surface area contributed by atoms with Crippen molar-refractivity contribution in [3.05, 3.63) is 89.7 Å². The van der Waals surface area contributed by atoms with Crippen LogP contribution in [0.3, 0.4) is 0 Å². The average Bonchev–Trinajstić information content (AvgIpc) is 3.25. The molecule has 0 aliphatic heterocycles. The Hall–Kier alpha value is -3.80. The lowest BCUT2D eigenvalue weighted by Crippen LogP contribution is -2.29. The molecule has 0 aliphatic carbocycles. The van der Waals surface area contributed by atoms with E-state index in [1.54, 1.807) is 19.2 Å². The highest BCUT2D eigenvalue weighted by Gasteiger charge is 2.19. The number of nitrogens with zero attached hydrogens (tertiary/aromatic N) is 2. The van der Waals surface area contributed by atoms with Crippen LogP contribution >= 0.6 is 0 Å². The summed E-state index contributed by atoms with van der Waals surface area (Å²) in [6, 6.07) is 23.2. The van der Waals surface area contributed by atoms with Crippen LogP contribution in [0.4, 0.5) is 0 Å². The van der Waals surface area contributed by atoms with Gasteiger partial charge >= 0.3 is 0 Å². The standard InChI is InChI=1S/C30H35N3O3/c1-21(31-29(34)22-10-8-11-25(20-22)35-5)28-32-26-12-6-7-13-27(26)33(28)18-9-19-36-24-16-14-23(15-17-24)30(2,3)4/h6-8,10-17,20-21H,9,18-19H2,1-5H3,(H,31,34). The quantitative estimate of drug-likeness (QED) is 0.283. The minimum Gasteiger partial charge on any atom is -0.497 e. The second-order valence-corrected chi connectivity index (χ2v) is 10.0. The fourth-order valence-corrected chi connectivity index (χ4v) is 4.23. The van der Waals surface area contributed by atoms with Crippen molar-refractivity contribution >= 4 is 16.9 Å². The first-order valence-corrected chi connectivity index (χ1v) is 12.4. The first-order valence-electron chi connectivity index (χ1n) is 12.4. The molecule has 1 heterocycles. The van der Waals surface area contributed by atoms with Gasteiger partial charge in [0.05, 0.1) is 30.8 Å². The number of nitrogens with one attached hydrogen (secondary N) is 1. The van der Waals surface area contributed by atoms with Crippen LogP contribution < -0.4 is 14.8 Å². The maximum absolute atomic E-state index is 12.9. The lowest BCUT2D eigenvalue weighted by molar-refractivity contribution is 0.0937. The van der Waals surface area contributed by atoms with Crippen LogP contribution in [0.2, 0.25) is 0 Å². The topological polar surface area (TPSA) is 65.4 Å². The van der Waals surface area contributed by atoms with Crippen molar-refractivity contribution in [1.82, 2.24) is 14.9 Å². The molecule has 1 aromatic heterocycles. The summed E-state index contributed by atoms with van der Waals surface area (Å²) in [6.45, 7) is 9.89. The van der Waals surface area contributed by atoms with Gasteiger partial charge in [-0.3, -0.25) is 4.79 Å². The molecular formula is C30H35N3O3. The molecule has 3 aromatic carbocycles. The summed E-state index contributed by atoms with van der Waals surface area (Å²) in [5, 5.41) is 3.09. The number of imidazole rings is 1. The lowest BCUT2D eigenvalue weighted by atomic mass is 9.87. The number of benzene rings is 3. The summed E-state index contributed by atoms with van der Waals surface area (Å²) in [4.78, 5) is 17.7. The number of methoxy groups -OCH3 is 1. The highest BCUT2D eigenvalue weighted by molar-refractivity contribution is 5.94. The number of aryl methyl sites for hydroxylation is 1. The van der Waals surface area contributed by atoms with E-state index in [1.165, 1.54) is 5.56 Å². The van der Waals surface area contributed by atoms with E-state index in [0.29, 0.717) is 17.9 Å². The normalized spacial score (nSPS) is 12.4. The Labute approximate surface area is 213 Å². The maximum atomic E-state index is 12.9. The fraction of sp³-hybridized carbons (Fsp3) is 0.333. The molecule has 1 amide bonds. The summed E-state index contributed by atoms with van der Waals surface area (Å²) in [7, 11) is 1.59. The molecule has 36 heavy (non-hydrogen) atoms. The van der Waals surface area contributed by atoms with E-state index in [-0.39, 0.29) is 17.4 Å². The van der Waals surface area contributed by atoms with Crippen molar-refractivity contribution in [2.75, 3.05) is 13.7 Å². The molecule has 0 saturated heterocycles. The van der Waals surface area contributed by atoms with Gasteiger partial charge in [0, 0.05) is 12.1 Å². The number of carbonyl (C=O) groups excluding carboxylic acids is 1. The lowest BCUT2D eigenvalue weighted by Gasteiger charge is -2.19. The summed E-state index contributed by atoms with van der Waals surface area (Å²) in [6.07, 6.45) is 0.810. The van der Waals surface area contributed by atoms with E-state index in [2.05, 4.69) is 48.9 Å². The molecular weight excluding hydrogens is 450 g/mol. The second-order valence-electron chi connectivity index (χ2n) is 10.0. The van der Waals surface area contributed by atoms with Gasteiger partial charge < -0.3 is 19.4 Å². The highest BCUT2D eigenvalue weighted by atomic mass is 16.5. The van der Waals surface area contributed by atoms with Crippen molar-refractivity contribution in [2.24, 2.45) is 0 Å². The summed E-state index contributed by atoms with van der Waals surface area (Å²) in [5.41, 5.74) is 3.91. The average molecular weight is 486 g/mol. The van der Waals surface area contributed by atoms with Crippen LogP contribution in [0, 0.1) is 0 Å². The van der Waals surface area contributed by atoms with Crippen LogP contribution in [-0.2, 0) is 12.0 Å². The third-order valence-corrected chi connectivity index (χ3v) is 6.27. The van der Waals surface area contributed by atoms with Crippen molar-refractivity contribution in [3.63, 3.8) is 0 Å². The smallest absolute Gasteiger partial charge is 0.251 e. The van der Waals surface area contributed by atoms with Gasteiger partial charge in [0.25, 0.3) is 5.91 Å². The van der Waals surface area contributed by atoms with Crippen molar-refractivity contribution in [3.8, 4) is 11.5 Å². The Balaban J connectivity index is 1.44. The van der Waals surface area contributed by atoms with E-state index in [9.17, 15) is 4.79 Å². The summed E-state index contributed by atoms with van der Waals surface area (Å²) >= 11 is 0. The first kappa shape index (κ1) is 25.3. The van der Waals surface area contributed by atoms with Crippen LogP contribution in [0.1, 0.15) is 61.9 Å². The zero-order valence-corrected chi connectivity index (χ0v) is 21.7. The van der Waals surface area contributed by atoms with Gasteiger partial charge in [0.15, 0.2) is 0 Å². The number of ether oxygens (including phenoxy) is 2. The number of fused-ring (bicyclic) bond motifs is 1. The molecule has 0 aliphatic rings. The molecule has 188 valence electrons. The third-order valence-electron chi connectivity index (χ3n) is 6.27. The number of carbonyl (C=O) groups is 1. The molecule has 6 heteroatoms. The van der Waals surface area contributed by atoms with Gasteiger partial charge in [-0.25, -0.2) is 4.98 Å². The van der Waals surface area contributed by atoms with Crippen LogP contribution in [0.5, 0.6) is 11.5 Å². The zero-order valence-electron chi connectivity index (χ0n) is 21.7. The largest absolute Gasteiger partial charge is 0.497 e. The second kappa shape index (κ2) is 10.9. The molecule has 1 unspecified atom stereocenters. The number of para-hydroxylation sites is 2. The predicted molar refractivity (Wildman–Crippen MR) is 144 cm³/mol. The number of rotatable bonds is 9. The number of hydrogen-bond donors (Lipinski definition) is 1. The van der Waals surface area contributed by atoms with Gasteiger partial charge in [-0.05, 0) is 66.8 Å². The Morgan fingerprint density at radius 3 is 2.47 bits per heavy atom. The van der Waals surface area contributed by atoms with Gasteiger partial charge in [-0.15, -0.1) is 0 Å². The van der Waals surface area contributed by atoms with Gasteiger partial charge in [-0.1, -0.05) is 51.1 Å². The predicted octanol–water partition coefficient (Wildman–Crippen LogP) is 6.30. The van der Waals surface area contributed by atoms with Crippen LogP contribution in [-0.4, -0.2) is 29.2 Å². The monoisotopic (exact) mass is 485 g/mol. The summed E-state index contributed by atoms with van der Waals surface area (Å²) < 4.78 is 13.4. The van der Waals surface area contributed by atoms with E-state index in [4.69, 9.17) is 14.5 Å². The minimum absolute atomic E-state index is 0.121. The van der Waals surface area contributed by atoms with E-state index < -0.39 is 0 Å². The van der Waals surface area contributed by atoms with Gasteiger partial charge in [-0.2, -0.15) is 0 Å². The number of aromatic nitrogens is 2. The van der Waals surface area contributed by atoms with Crippen molar-refractivity contribution in [1.29, 1.82) is 0 Å². The van der Waals surface area contributed by atoms with E-state index in [1.807, 2.05) is 49.4 Å². The molecule has 1 atom stereocenters. The molecule has 0 spiro atoms. The highest BCUT2D eigenvalue weighted by Crippen LogP contribution is 2.25. The zero-order chi connectivity index (χ0) is 25.7. The van der Waals surface area contributed by atoms with Crippen LogP contribution in [0.15, 0.2) is 72.8 Å². The fourth-order valence-electron chi connectivity index (χ4n) is 4.23. The molecule has 4 aromatic rings. The van der Waals surface area contributed by atoms with Crippen LogP contribution in [0.25, 0.3) is 11.0 Å². The number of amides is 1. The van der Waals surface area contributed by atoms with Gasteiger partial charge in [0.1, 0.15) is 17.3 Å². The van der Waals surface area contributed by atoms with Crippen molar-refractivity contribution in [2.45, 2.75) is 52.1 Å². The minimum atomic E-state index is -0.276.